The zero-order chi connectivity index (χ0) is 34.9. The molecule has 8 heteroatoms. The number of hydrogen-bond donors (Lipinski definition) is 3. The Labute approximate surface area is 297 Å². The van der Waals surface area contributed by atoms with Crippen LogP contribution in [0.2, 0.25) is 0 Å². The van der Waals surface area contributed by atoms with Crippen molar-refractivity contribution >= 4 is 17.1 Å². The first-order valence-corrected chi connectivity index (χ1v) is 19.7. The fourth-order valence-electron chi connectivity index (χ4n) is 6.40. The molecule has 1 fully saturated rings. The van der Waals surface area contributed by atoms with Crippen LogP contribution in [0.4, 0.5) is 17.1 Å². The van der Waals surface area contributed by atoms with E-state index in [2.05, 4.69) is 41.1 Å². The quantitative estimate of drug-likeness (QED) is 0.0640. The number of unbranched alkanes of at least 4 members (excludes halogenated alkanes) is 18. The highest BCUT2D eigenvalue weighted by atomic mass is 16.7. The van der Waals surface area contributed by atoms with Gasteiger partial charge in [-0.25, -0.2) is 0 Å². The molecule has 0 radical (unpaired) electrons. The maximum atomic E-state index is 10.1. The summed E-state index contributed by atoms with van der Waals surface area (Å²) in [5, 5.41) is 38.5. The van der Waals surface area contributed by atoms with Crippen LogP contribution in [0.15, 0.2) is 58.8 Å². The molecule has 49 heavy (non-hydrogen) atoms. The molecule has 0 aliphatic carbocycles. The van der Waals surface area contributed by atoms with Gasteiger partial charge >= 0.3 is 0 Å². The monoisotopic (exact) mass is 682 g/mol. The molecule has 2 aromatic carbocycles. The molecule has 0 bridgehead atoms. The fraction of sp³-hybridized carbons (Fsp3) is 0.707. The van der Waals surface area contributed by atoms with Gasteiger partial charge in [-0.1, -0.05) is 129 Å². The molecule has 3 rings (SSSR count). The highest BCUT2D eigenvalue weighted by Gasteiger charge is 2.39. The van der Waals surface area contributed by atoms with Gasteiger partial charge in [-0.2, -0.15) is 10.2 Å². The summed E-state index contributed by atoms with van der Waals surface area (Å²) in [6.45, 7) is 6.66. The Balaban J connectivity index is 1.45. The van der Waals surface area contributed by atoms with Crippen molar-refractivity contribution < 1.29 is 24.8 Å². The maximum Gasteiger partial charge on any atom is 0.228 e. The van der Waals surface area contributed by atoms with Gasteiger partial charge in [-0.3, -0.25) is 0 Å². The number of ether oxygens (including phenoxy) is 2. The maximum absolute atomic E-state index is 10.1. The third kappa shape index (κ3) is 16.8. The second kappa shape index (κ2) is 25.4. The Morgan fingerprint density at radius 3 is 1.43 bits per heavy atom. The number of rotatable bonds is 27. The normalized spacial score (nSPS) is 19.4. The number of benzene rings is 2. The summed E-state index contributed by atoms with van der Waals surface area (Å²) in [6.07, 6.45) is 22.2. The van der Waals surface area contributed by atoms with E-state index in [0.29, 0.717) is 11.4 Å². The van der Waals surface area contributed by atoms with E-state index < -0.39 is 24.6 Å². The van der Waals surface area contributed by atoms with Crippen LogP contribution in [0.3, 0.4) is 0 Å². The molecule has 276 valence electrons. The topological polar surface area (TPSA) is 107 Å². The molecule has 0 spiro atoms. The van der Waals surface area contributed by atoms with Gasteiger partial charge in [0, 0.05) is 18.8 Å². The van der Waals surface area contributed by atoms with Crippen molar-refractivity contribution in [2.75, 3.05) is 24.6 Å². The fourth-order valence-corrected chi connectivity index (χ4v) is 6.40. The molecule has 0 aromatic heterocycles. The van der Waals surface area contributed by atoms with Crippen molar-refractivity contribution in [2.24, 2.45) is 10.2 Å². The largest absolute Gasteiger partial charge is 0.462 e. The summed E-state index contributed by atoms with van der Waals surface area (Å²) >= 11 is 0. The minimum atomic E-state index is -1.34. The van der Waals surface area contributed by atoms with Gasteiger partial charge in [0.25, 0.3) is 0 Å². The molecule has 0 amide bonds. The lowest BCUT2D eigenvalue weighted by atomic mass is 10.1. The molecule has 0 saturated carbocycles. The molecule has 1 saturated heterocycles. The van der Waals surface area contributed by atoms with Gasteiger partial charge in [0.05, 0.1) is 18.0 Å². The summed E-state index contributed by atoms with van der Waals surface area (Å²) < 4.78 is 11.0. The van der Waals surface area contributed by atoms with Crippen LogP contribution < -0.4 is 9.64 Å². The van der Waals surface area contributed by atoms with Crippen LogP contribution in [-0.2, 0) is 4.74 Å². The van der Waals surface area contributed by atoms with Crippen molar-refractivity contribution in [1.82, 2.24) is 0 Å². The highest BCUT2D eigenvalue weighted by molar-refractivity contribution is 5.53. The summed E-state index contributed by atoms with van der Waals surface area (Å²) in [4.78, 5) is 2.57. The van der Waals surface area contributed by atoms with Gasteiger partial charge in [0.2, 0.25) is 6.29 Å². The van der Waals surface area contributed by atoms with Crippen LogP contribution >= 0.6 is 0 Å². The van der Waals surface area contributed by atoms with E-state index in [9.17, 15) is 15.3 Å². The Bertz CT molecular complexity index is 1090. The lowest BCUT2D eigenvalue weighted by molar-refractivity contribution is -0.242. The molecule has 1 aliphatic rings. The van der Waals surface area contributed by atoms with E-state index >= 15 is 0 Å². The average Bonchev–Trinajstić information content (AvgIpc) is 3.12. The molecule has 1 heterocycles. The van der Waals surface area contributed by atoms with Crippen molar-refractivity contribution in [3.63, 3.8) is 0 Å². The molecule has 1 aliphatic heterocycles. The first-order chi connectivity index (χ1) is 24.0. The molecule has 0 unspecified atom stereocenters. The molecular formula is C41H67N3O5. The Kier molecular flexibility index (Phi) is 21.2. The molecule has 3 N–H and O–H groups in total. The Hall–Kier alpha value is -2.52. The first kappa shape index (κ1) is 40.9. The highest BCUT2D eigenvalue weighted by Crippen LogP contribution is 2.26. The van der Waals surface area contributed by atoms with E-state index in [4.69, 9.17) is 9.47 Å². The molecule has 2 aromatic rings. The van der Waals surface area contributed by atoms with Gasteiger partial charge < -0.3 is 29.7 Å². The number of aliphatic hydroxyl groups is 3. The summed E-state index contributed by atoms with van der Waals surface area (Å²) in [5.74, 6) is 0.459. The smallest absolute Gasteiger partial charge is 0.228 e. The van der Waals surface area contributed by atoms with Gasteiger partial charge in [0.1, 0.15) is 24.1 Å². The number of nitrogens with zero attached hydrogens (tertiary/aromatic N) is 3. The third-order valence-electron chi connectivity index (χ3n) is 9.60. The van der Waals surface area contributed by atoms with Crippen molar-refractivity contribution in [3.05, 3.63) is 48.5 Å². The predicted molar refractivity (Wildman–Crippen MR) is 201 cm³/mol. The van der Waals surface area contributed by atoms with Gasteiger partial charge in [-0.15, -0.1) is 0 Å². The first-order valence-electron chi connectivity index (χ1n) is 19.7. The van der Waals surface area contributed by atoms with Crippen LogP contribution in [-0.4, -0.2) is 59.6 Å². The number of aliphatic hydroxyl groups excluding tert-OH is 3. The predicted octanol–water partition coefficient (Wildman–Crippen LogP) is 10.6. The third-order valence-corrected chi connectivity index (χ3v) is 9.60. The average molecular weight is 682 g/mol. The zero-order valence-corrected chi connectivity index (χ0v) is 30.7. The lowest BCUT2D eigenvalue weighted by Gasteiger charge is -2.34. The minimum absolute atomic E-state index is 0.107. The SMILES string of the molecule is CCCCCCCCCCCCN(CCCCCCCCCCCC)c1ccc(N=Nc2ccc(O[C@@H]3OC[C@@H](O)[C@H](O)[C@H]3O)cc2)cc1. The van der Waals surface area contributed by atoms with E-state index in [1.165, 1.54) is 134 Å². The van der Waals surface area contributed by atoms with Crippen molar-refractivity contribution in [1.29, 1.82) is 0 Å². The Morgan fingerprint density at radius 1 is 0.571 bits per heavy atom. The number of azo groups is 1. The van der Waals surface area contributed by atoms with Crippen molar-refractivity contribution in [2.45, 2.75) is 167 Å². The molecule has 4 atom stereocenters. The molecular weight excluding hydrogens is 614 g/mol. The summed E-state index contributed by atoms with van der Waals surface area (Å²) in [7, 11) is 0. The molecule has 8 nitrogen and oxygen atoms in total. The van der Waals surface area contributed by atoms with E-state index in [-0.39, 0.29) is 6.61 Å². The van der Waals surface area contributed by atoms with Gasteiger partial charge in [-0.05, 0) is 61.4 Å². The minimum Gasteiger partial charge on any atom is -0.462 e. The van der Waals surface area contributed by atoms with E-state index in [1.54, 1.807) is 24.3 Å². The number of hydrogen-bond acceptors (Lipinski definition) is 8. The standard InChI is InChI=1S/C41H67N3O5/c1-3-5-7-9-11-13-15-17-19-21-31-44(32-22-20-18-16-14-12-10-8-6-4-2)36-27-23-34(24-28-36)42-43-35-25-29-37(30-26-35)49-41-40(47)39(46)38(45)33-48-41/h23-30,38-41,45-47H,3-22,31-33H2,1-2H3/t38-,39+,40-,41+/m1/s1. The van der Waals surface area contributed by atoms with Crippen LogP contribution in [0.1, 0.15) is 142 Å². The lowest BCUT2D eigenvalue weighted by Crippen LogP contribution is -2.54. The zero-order valence-electron chi connectivity index (χ0n) is 30.7. The van der Waals surface area contributed by atoms with E-state index in [1.807, 2.05) is 12.1 Å². The van der Waals surface area contributed by atoms with Crippen LogP contribution in [0.25, 0.3) is 0 Å². The Morgan fingerprint density at radius 2 is 0.980 bits per heavy atom. The summed E-state index contributed by atoms with van der Waals surface area (Å²) in [6, 6.07) is 15.4. The number of anilines is 1. The second-order valence-electron chi connectivity index (χ2n) is 13.9. The second-order valence-corrected chi connectivity index (χ2v) is 13.9. The van der Waals surface area contributed by atoms with Crippen LogP contribution in [0.5, 0.6) is 5.75 Å². The van der Waals surface area contributed by atoms with E-state index in [0.717, 1.165) is 18.8 Å². The van der Waals surface area contributed by atoms with Crippen molar-refractivity contribution in [3.8, 4) is 5.75 Å². The van der Waals surface area contributed by atoms with Crippen LogP contribution in [0, 0.1) is 0 Å². The van der Waals surface area contributed by atoms with Gasteiger partial charge in [0.15, 0.2) is 0 Å². The summed E-state index contributed by atoms with van der Waals surface area (Å²) in [5.41, 5.74) is 2.73.